The second-order valence-corrected chi connectivity index (χ2v) is 7.69. The number of carbonyl (C=O) groups excluding carboxylic acids is 2. The Morgan fingerprint density at radius 1 is 1.16 bits per heavy atom. The van der Waals surface area contributed by atoms with Crippen molar-refractivity contribution in [3.63, 3.8) is 0 Å². The minimum atomic E-state index is -0.686. The van der Waals surface area contributed by atoms with Crippen LogP contribution in [0.25, 0.3) is 5.76 Å². The van der Waals surface area contributed by atoms with Crippen LogP contribution in [-0.4, -0.2) is 60.4 Å². The Kier molecular flexibility index (Phi) is 7.26. The fourth-order valence-electron chi connectivity index (χ4n) is 3.70. The average molecular weight is 421 g/mol. The van der Waals surface area contributed by atoms with Crippen molar-refractivity contribution in [3.8, 4) is 5.75 Å². The lowest BCUT2D eigenvalue weighted by molar-refractivity contribution is -0.139. The van der Waals surface area contributed by atoms with Crippen molar-refractivity contribution in [2.45, 2.75) is 12.5 Å². The number of benzene rings is 2. The number of amides is 1. The van der Waals surface area contributed by atoms with Gasteiger partial charge in [0.1, 0.15) is 18.1 Å². The van der Waals surface area contributed by atoms with Gasteiger partial charge in [0.25, 0.3) is 11.7 Å². The zero-order chi connectivity index (χ0) is 22.4. The topological polar surface area (TPSA) is 70.1 Å². The smallest absolute Gasteiger partial charge is 0.295 e. The van der Waals surface area contributed by atoms with Crippen molar-refractivity contribution in [2.75, 3.05) is 33.8 Å². The summed E-state index contributed by atoms with van der Waals surface area (Å²) in [6.07, 6.45) is 2.35. The van der Waals surface area contributed by atoms with Crippen molar-refractivity contribution < 1.29 is 19.4 Å². The van der Waals surface area contributed by atoms with Crippen LogP contribution in [0.15, 0.2) is 72.8 Å². The monoisotopic (exact) mass is 420 g/mol. The van der Waals surface area contributed by atoms with E-state index >= 15 is 0 Å². The van der Waals surface area contributed by atoms with Gasteiger partial charge in [-0.15, -0.1) is 0 Å². The Morgan fingerprint density at radius 2 is 1.90 bits per heavy atom. The van der Waals surface area contributed by atoms with Crippen LogP contribution in [0.1, 0.15) is 23.6 Å². The number of ketones is 1. The van der Waals surface area contributed by atoms with Gasteiger partial charge in [-0.1, -0.05) is 55.1 Å². The summed E-state index contributed by atoms with van der Waals surface area (Å²) >= 11 is 0. The van der Waals surface area contributed by atoms with Gasteiger partial charge in [0, 0.05) is 12.1 Å². The average Bonchev–Trinajstić information content (AvgIpc) is 3.03. The second kappa shape index (κ2) is 10.1. The third kappa shape index (κ3) is 5.03. The van der Waals surface area contributed by atoms with Crippen LogP contribution in [0.4, 0.5) is 0 Å². The largest absolute Gasteiger partial charge is 0.507 e. The summed E-state index contributed by atoms with van der Waals surface area (Å²) in [5.74, 6) is -0.834. The zero-order valence-corrected chi connectivity index (χ0v) is 18.0. The number of Topliss-reactive ketones (excluding diaryl/α,β-unsaturated/α-hetero) is 1. The van der Waals surface area contributed by atoms with Gasteiger partial charge in [0.2, 0.25) is 0 Å². The minimum absolute atomic E-state index is 0.0990. The summed E-state index contributed by atoms with van der Waals surface area (Å²) < 4.78 is 5.65. The molecule has 1 fully saturated rings. The van der Waals surface area contributed by atoms with Crippen LogP contribution in [0.5, 0.6) is 5.75 Å². The van der Waals surface area contributed by atoms with Crippen LogP contribution in [0, 0.1) is 0 Å². The summed E-state index contributed by atoms with van der Waals surface area (Å²) in [6, 6.07) is 15.4. The van der Waals surface area contributed by atoms with Gasteiger partial charge in [-0.25, -0.2) is 0 Å². The van der Waals surface area contributed by atoms with Crippen LogP contribution in [0.3, 0.4) is 0 Å². The van der Waals surface area contributed by atoms with E-state index in [4.69, 9.17) is 4.74 Å². The highest BCUT2D eigenvalue weighted by Gasteiger charge is 2.45. The minimum Gasteiger partial charge on any atom is -0.507 e. The Morgan fingerprint density at radius 3 is 2.58 bits per heavy atom. The highest BCUT2D eigenvalue weighted by atomic mass is 16.5. The first-order valence-electron chi connectivity index (χ1n) is 10.3. The highest BCUT2D eigenvalue weighted by molar-refractivity contribution is 6.46. The van der Waals surface area contributed by atoms with Crippen LogP contribution in [-0.2, 0) is 9.59 Å². The first kappa shape index (κ1) is 22.3. The summed E-state index contributed by atoms with van der Waals surface area (Å²) in [4.78, 5) is 29.5. The SMILES string of the molecule is C=CCOc1cccc(C2/C(=C(/O)c3ccccc3)C(=O)C(=O)N2CCCN(C)C)c1. The Bertz CT molecular complexity index is 982. The lowest BCUT2D eigenvalue weighted by atomic mass is 9.95. The van der Waals surface area contributed by atoms with Gasteiger partial charge in [0.05, 0.1) is 11.6 Å². The molecular formula is C25H28N2O4. The van der Waals surface area contributed by atoms with Crippen LogP contribution in [0.2, 0.25) is 0 Å². The van der Waals surface area contributed by atoms with E-state index < -0.39 is 17.7 Å². The molecule has 1 N–H and O–H groups in total. The summed E-state index contributed by atoms with van der Waals surface area (Å²) in [5.41, 5.74) is 1.31. The number of likely N-dealkylation sites (tertiary alicyclic amines) is 1. The predicted octanol–water partition coefficient (Wildman–Crippen LogP) is 3.62. The molecule has 1 saturated heterocycles. The van der Waals surface area contributed by atoms with E-state index in [1.807, 2.05) is 43.3 Å². The van der Waals surface area contributed by atoms with E-state index in [1.165, 1.54) is 0 Å². The molecule has 3 rings (SSSR count). The molecule has 0 spiro atoms. The number of aliphatic hydroxyl groups is 1. The van der Waals surface area contributed by atoms with Gasteiger partial charge in [-0.2, -0.15) is 0 Å². The summed E-state index contributed by atoms with van der Waals surface area (Å²) in [7, 11) is 3.92. The second-order valence-electron chi connectivity index (χ2n) is 7.69. The number of hydrogen-bond donors (Lipinski definition) is 1. The quantitative estimate of drug-likeness (QED) is 0.290. The van der Waals surface area contributed by atoms with E-state index in [9.17, 15) is 14.7 Å². The zero-order valence-electron chi connectivity index (χ0n) is 18.0. The fourth-order valence-corrected chi connectivity index (χ4v) is 3.70. The number of hydrogen-bond acceptors (Lipinski definition) is 5. The standard InChI is InChI=1S/C25H28N2O4/c1-4-16-31-20-13-8-12-19(17-20)22-21(23(28)18-10-6-5-7-11-18)24(29)25(30)27(22)15-9-14-26(2)3/h4-8,10-13,17,22,28H,1,9,14-16H2,2-3H3/b23-21-. The third-order valence-corrected chi connectivity index (χ3v) is 5.13. The molecule has 31 heavy (non-hydrogen) atoms. The molecular weight excluding hydrogens is 392 g/mol. The lowest BCUT2D eigenvalue weighted by Crippen LogP contribution is -2.32. The number of aliphatic hydroxyl groups excluding tert-OH is 1. The van der Waals surface area contributed by atoms with Crippen molar-refractivity contribution in [1.29, 1.82) is 0 Å². The van der Waals surface area contributed by atoms with Gasteiger partial charge in [0.15, 0.2) is 0 Å². The Labute approximate surface area is 183 Å². The van der Waals surface area contributed by atoms with E-state index in [0.29, 0.717) is 36.4 Å². The van der Waals surface area contributed by atoms with Gasteiger partial charge in [-0.3, -0.25) is 9.59 Å². The van der Waals surface area contributed by atoms with Crippen molar-refractivity contribution in [3.05, 3.63) is 84.0 Å². The first-order chi connectivity index (χ1) is 14.9. The normalized spacial score (nSPS) is 17.9. The molecule has 6 nitrogen and oxygen atoms in total. The molecule has 1 amide bonds. The number of nitrogens with zero attached hydrogens (tertiary/aromatic N) is 2. The molecule has 0 aromatic heterocycles. The molecule has 1 aliphatic heterocycles. The number of carbonyl (C=O) groups is 2. The third-order valence-electron chi connectivity index (χ3n) is 5.13. The number of rotatable bonds is 9. The van der Waals surface area contributed by atoms with Gasteiger partial charge in [-0.05, 0) is 44.8 Å². The fraction of sp³-hybridized carbons (Fsp3) is 0.280. The summed E-state index contributed by atoms with van der Waals surface area (Å²) in [5, 5.41) is 11.0. The predicted molar refractivity (Wildman–Crippen MR) is 121 cm³/mol. The molecule has 2 aromatic rings. The Balaban J connectivity index is 2.07. The van der Waals surface area contributed by atoms with Gasteiger partial charge >= 0.3 is 0 Å². The molecule has 0 bridgehead atoms. The molecule has 1 aliphatic rings. The number of ether oxygens (including phenoxy) is 1. The van der Waals surface area contributed by atoms with Crippen molar-refractivity contribution in [1.82, 2.24) is 9.80 Å². The molecule has 1 atom stereocenters. The van der Waals surface area contributed by atoms with E-state index in [2.05, 4.69) is 6.58 Å². The maximum Gasteiger partial charge on any atom is 0.295 e. The molecule has 2 aromatic carbocycles. The maximum absolute atomic E-state index is 13.0. The van der Waals surface area contributed by atoms with Crippen LogP contribution < -0.4 is 4.74 Å². The lowest BCUT2D eigenvalue weighted by Gasteiger charge is -2.26. The van der Waals surface area contributed by atoms with Crippen molar-refractivity contribution >= 4 is 17.4 Å². The van der Waals surface area contributed by atoms with E-state index in [0.717, 1.165) is 6.54 Å². The maximum atomic E-state index is 13.0. The molecule has 162 valence electrons. The van der Waals surface area contributed by atoms with Gasteiger partial charge < -0.3 is 19.6 Å². The molecule has 1 unspecified atom stereocenters. The summed E-state index contributed by atoms with van der Waals surface area (Å²) in [6.45, 7) is 5.18. The van der Waals surface area contributed by atoms with E-state index in [1.54, 1.807) is 41.3 Å². The molecule has 0 saturated carbocycles. The first-order valence-corrected chi connectivity index (χ1v) is 10.3. The molecule has 0 radical (unpaired) electrons. The molecule has 6 heteroatoms. The van der Waals surface area contributed by atoms with Crippen molar-refractivity contribution in [2.24, 2.45) is 0 Å². The Hall–Kier alpha value is -3.38. The highest BCUT2D eigenvalue weighted by Crippen LogP contribution is 2.40. The molecule has 0 aliphatic carbocycles. The molecule has 1 heterocycles. The van der Waals surface area contributed by atoms with Crippen LogP contribution >= 0.6 is 0 Å². The van der Waals surface area contributed by atoms with E-state index in [-0.39, 0.29) is 11.3 Å².